The molecule has 0 radical (unpaired) electrons. The van der Waals surface area contributed by atoms with E-state index >= 15 is 0 Å². The molecule has 1 atom stereocenters. The Labute approximate surface area is 112 Å². The third-order valence-electron chi connectivity index (χ3n) is 4.28. The third kappa shape index (κ3) is 2.88. The lowest BCUT2D eigenvalue weighted by Gasteiger charge is -2.36. The van der Waals surface area contributed by atoms with E-state index in [-0.39, 0.29) is 0 Å². The van der Waals surface area contributed by atoms with E-state index in [4.69, 9.17) is 4.74 Å². The molecule has 0 bridgehead atoms. The molecule has 100 valence electrons. The van der Waals surface area contributed by atoms with Crippen molar-refractivity contribution < 1.29 is 4.74 Å². The van der Waals surface area contributed by atoms with Gasteiger partial charge in [-0.25, -0.2) is 0 Å². The van der Waals surface area contributed by atoms with E-state index in [1.807, 2.05) is 0 Å². The molecule has 2 rings (SSSR count). The summed E-state index contributed by atoms with van der Waals surface area (Å²) in [6, 6.07) is 8.71. The van der Waals surface area contributed by atoms with Gasteiger partial charge in [0, 0.05) is 0 Å². The summed E-state index contributed by atoms with van der Waals surface area (Å²) in [6.07, 6.45) is 5.61. The number of methoxy groups -OCH3 is 1. The number of benzene rings is 1. The van der Waals surface area contributed by atoms with Crippen molar-refractivity contribution >= 4 is 0 Å². The average Bonchev–Trinajstić information content (AvgIpc) is 2.82. The van der Waals surface area contributed by atoms with Crippen LogP contribution in [0.2, 0.25) is 0 Å². The van der Waals surface area contributed by atoms with E-state index in [1.54, 1.807) is 7.11 Å². The predicted molar refractivity (Wildman–Crippen MR) is 77.1 cm³/mol. The maximum absolute atomic E-state index is 5.26. The summed E-state index contributed by atoms with van der Waals surface area (Å²) >= 11 is 0. The first kappa shape index (κ1) is 13.5. The van der Waals surface area contributed by atoms with Crippen LogP contribution in [0.4, 0.5) is 0 Å². The normalized spacial score (nSPS) is 18.9. The zero-order valence-corrected chi connectivity index (χ0v) is 12.2. The van der Waals surface area contributed by atoms with Crippen LogP contribution in [-0.2, 0) is 0 Å². The van der Waals surface area contributed by atoms with Crippen LogP contribution in [0.25, 0.3) is 0 Å². The molecule has 0 aliphatic heterocycles. The van der Waals surface area contributed by atoms with Crippen molar-refractivity contribution in [3.63, 3.8) is 0 Å². The van der Waals surface area contributed by atoms with Gasteiger partial charge in [-0.15, -0.1) is 0 Å². The fourth-order valence-electron chi connectivity index (χ4n) is 3.58. The molecule has 1 heteroatoms. The Hall–Kier alpha value is -0.980. The van der Waals surface area contributed by atoms with Gasteiger partial charge < -0.3 is 4.74 Å². The van der Waals surface area contributed by atoms with Crippen LogP contribution >= 0.6 is 0 Å². The minimum absolute atomic E-state index is 0.337. The lowest BCUT2D eigenvalue weighted by molar-refractivity contribution is 0.236. The zero-order chi connectivity index (χ0) is 13.2. The smallest absolute Gasteiger partial charge is 0.118 e. The minimum atomic E-state index is 0.337. The lowest BCUT2D eigenvalue weighted by Crippen LogP contribution is -2.24. The number of hydrogen-bond donors (Lipinski definition) is 0. The molecule has 0 aromatic heterocycles. The predicted octanol–water partition coefficient (Wildman–Crippen LogP) is 5.02. The van der Waals surface area contributed by atoms with Gasteiger partial charge in [-0.05, 0) is 47.8 Å². The maximum Gasteiger partial charge on any atom is 0.118 e. The molecular formula is C17H26O. The highest BCUT2D eigenvalue weighted by molar-refractivity contribution is 5.31. The molecule has 18 heavy (non-hydrogen) atoms. The Kier molecular flexibility index (Phi) is 3.99. The van der Waals surface area contributed by atoms with Gasteiger partial charge in [0.15, 0.2) is 0 Å². The molecule has 1 aromatic rings. The van der Waals surface area contributed by atoms with Gasteiger partial charge in [-0.1, -0.05) is 45.7 Å². The fraction of sp³-hybridized carbons (Fsp3) is 0.647. The molecule has 1 aliphatic rings. The van der Waals surface area contributed by atoms with Crippen molar-refractivity contribution in [3.05, 3.63) is 29.8 Å². The van der Waals surface area contributed by atoms with Crippen LogP contribution in [0.15, 0.2) is 24.3 Å². The largest absolute Gasteiger partial charge is 0.497 e. The highest BCUT2D eigenvalue weighted by Crippen LogP contribution is 2.47. The quantitative estimate of drug-likeness (QED) is 0.728. The summed E-state index contributed by atoms with van der Waals surface area (Å²) in [7, 11) is 1.73. The SMILES string of the molecule is COc1ccc(C(C2CCCC2)C(C)(C)C)cc1. The van der Waals surface area contributed by atoms with E-state index in [0.717, 1.165) is 11.7 Å². The molecule has 0 heterocycles. The van der Waals surface area contributed by atoms with Crippen molar-refractivity contribution in [2.24, 2.45) is 11.3 Å². The molecule has 0 spiro atoms. The van der Waals surface area contributed by atoms with Gasteiger partial charge in [-0.2, -0.15) is 0 Å². The van der Waals surface area contributed by atoms with Gasteiger partial charge in [0.25, 0.3) is 0 Å². The van der Waals surface area contributed by atoms with Gasteiger partial charge in [0.1, 0.15) is 5.75 Å². The van der Waals surface area contributed by atoms with Crippen LogP contribution in [-0.4, -0.2) is 7.11 Å². The molecule has 1 saturated carbocycles. The second-order valence-corrected chi connectivity index (χ2v) is 6.66. The molecule has 0 N–H and O–H groups in total. The molecule has 1 unspecified atom stereocenters. The van der Waals surface area contributed by atoms with Gasteiger partial charge in [0.2, 0.25) is 0 Å². The van der Waals surface area contributed by atoms with Crippen LogP contribution in [0, 0.1) is 11.3 Å². The molecule has 1 nitrogen and oxygen atoms in total. The first-order valence-electron chi connectivity index (χ1n) is 7.16. The van der Waals surface area contributed by atoms with Crippen LogP contribution in [0.5, 0.6) is 5.75 Å². The van der Waals surface area contributed by atoms with Crippen molar-refractivity contribution in [2.75, 3.05) is 7.11 Å². The van der Waals surface area contributed by atoms with E-state index in [0.29, 0.717) is 11.3 Å². The topological polar surface area (TPSA) is 9.23 Å². The first-order chi connectivity index (χ1) is 8.52. The highest BCUT2D eigenvalue weighted by Gasteiger charge is 2.34. The summed E-state index contributed by atoms with van der Waals surface area (Å²) in [5.74, 6) is 2.49. The standard InChI is InChI=1S/C17H26O/c1-17(2,3)16(13-7-5-6-8-13)14-9-11-15(18-4)12-10-14/h9-13,16H,5-8H2,1-4H3. The minimum Gasteiger partial charge on any atom is -0.497 e. The van der Waals surface area contributed by atoms with Crippen LogP contribution in [0.3, 0.4) is 0 Å². The van der Waals surface area contributed by atoms with E-state index in [2.05, 4.69) is 45.0 Å². The zero-order valence-electron chi connectivity index (χ0n) is 12.2. The second-order valence-electron chi connectivity index (χ2n) is 6.66. The summed E-state index contributed by atoms with van der Waals surface area (Å²) < 4.78 is 5.26. The molecule has 1 fully saturated rings. The summed E-state index contributed by atoms with van der Waals surface area (Å²) in [4.78, 5) is 0. The third-order valence-corrected chi connectivity index (χ3v) is 4.28. The monoisotopic (exact) mass is 246 g/mol. The lowest BCUT2D eigenvalue weighted by atomic mass is 9.69. The molecule has 1 aliphatic carbocycles. The summed E-state index contributed by atoms with van der Waals surface area (Å²) in [5.41, 5.74) is 1.82. The van der Waals surface area contributed by atoms with Crippen molar-refractivity contribution in [1.29, 1.82) is 0 Å². The summed E-state index contributed by atoms with van der Waals surface area (Å²) in [5, 5.41) is 0. The highest BCUT2D eigenvalue weighted by atomic mass is 16.5. The summed E-state index contributed by atoms with van der Waals surface area (Å²) in [6.45, 7) is 7.13. The Morgan fingerprint density at radius 2 is 1.61 bits per heavy atom. The number of hydrogen-bond acceptors (Lipinski definition) is 1. The second kappa shape index (κ2) is 5.34. The molecule has 0 amide bonds. The maximum atomic E-state index is 5.26. The van der Waals surface area contributed by atoms with Gasteiger partial charge in [0.05, 0.1) is 7.11 Å². The average molecular weight is 246 g/mol. The van der Waals surface area contributed by atoms with Crippen molar-refractivity contribution in [3.8, 4) is 5.75 Å². The Morgan fingerprint density at radius 3 is 2.06 bits per heavy atom. The molecule has 0 saturated heterocycles. The van der Waals surface area contributed by atoms with Crippen LogP contribution in [0.1, 0.15) is 57.9 Å². The Bertz CT molecular complexity index is 366. The van der Waals surface area contributed by atoms with Gasteiger partial charge in [-0.3, -0.25) is 0 Å². The van der Waals surface area contributed by atoms with Gasteiger partial charge >= 0.3 is 0 Å². The van der Waals surface area contributed by atoms with E-state index < -0.39 is 0 Å². The van der Waals surface area contributed by atoms with E-state index in [9.17, 15) is 0 Å². The van der Waals surface area contributed by atoms with E-state index in [1.165, 1.54) is 31.2 Å². The number of rotatable bonds is 3. The molecular weight excluding hydrogens is 220 g/mol. The Morgan fingerprint density at radius 1 is 1.06 bits per heavy atom. The Balaban J connectivity index is 2.27. The number of ether oxygens (including phenoxy) is 1. The fourth-order valence-corrected chi connectivity index (χ4v) is 3.58. The van der Waals surface area contributed by atoms with Crippen molar-refractivity contribution in [1.82, 2.24) is 0 Å². The first-order valence-corrected chi connectivity index (χ1v) is 7.16. The molecule has 1 aromatic carbocycles. The van der Waals surface area contributed by atoms with Crippen molar-refractivity contribution in [2.45, 2.75) is 52.4 Å². The van der Waals surface area contributed by atoms with Crippen LogP contribution < -0.4 is 4.74 Å².